The van der Waals surface area contributed by atoms with E-state index in [-0.39, 0.29) is 5.78 Å². The molecule has 1 aromatic carbocycles. The number of ketones is 1. The van der Waals surface area contributed by atoms with E-state index in [9.17, 15) is 4.79 Å². The van der Waals surface area contributed by atoms with E-state index < -0.39 is 0 Å². The summed E-state index contributed by atoms with van der Waals surface area (Å²) in [6, 6.07) is 8.16. The molecule has 0 saturated carbocycles. The number of anilines is 1. The Balaban J connectivity index is 2.04. The Kier molecular flexibility index (Phi) is 3.62. The van der Waals surface area contributed by atoms with Crippen molar-refractivity contribution in [3.8, 4) is 0 Å². The second-order valence-corrected chi connectivity index (χ2v) is 4.79. The van der Waals surface area contributed by atoms with Crippen LogP contribution in [0, 0.1) is 0 Å². The first-order valence-corrected chi connectivity index (χ1v) is 6.20. The first kappa shape index (κ1) is 11.9. The summed E-state index contributed by atoms with van der Waals surface area (Å²) in [4.78, 5) is 11.2. The predicted octanol–water partition coefficient (Wildman–Crippen LogP) is 3.80. The molecule has 0 aromatic heterocycles. The van der Waals surface area contributed by atoms with Crippen LogP contribution in [0.1, 0.15) is 43.5 Å². The van der Waals surface area contributed by atoms with E-state index in [2.05, 4.69) is 18.3 Å². The zero-order valence-corrected chi connectivity index (χ0v) is 10.5. The van der Waals surface area contributed by atoms with Crippen molar-refractivity contribution in [1.29, 1.82) is 0 Å². The third-order valence-corrected chi connectivity index (χ3v) is 3.22. The van der Waals surface area contributed by atoms with Gasteiger partial charge in [0.2, 0.25) is 0 Å². The highest BCUT2D eigenvalue weighted by Crippen LogP contribution is 2.21. The molecular weight excluding hydrogens is 210 g/mol. The monoisotopic (exact) mass is 229 g/mol. The Morgan fingerprint density at radius 2 is 2.00 bits per heavy atom. The number of benzene rings is 1. The van der Waals surface area contributed by atoms with Crippen LogP contribution in [0.25, 0.3) is 0 Å². The molecule has 1 aliphatic carbocycles. The SMILES string of the molecule is CC(=O)c1ccc(N[C@@H]2C=C(C)CCC2)cc1. The second-order valence-electron chi connectivity index (χ2n) is 4.79. The molecule has 17 heavy (non-hydrogen) atoms. The molecule has 90 valence electrons. The van der Waals surface area contributed by atoms with E-state index in [0.29, 0.717) is 6.04 Å². The van der Waals surface area contributed by atoms with Crippen LogP contribution in [0.4, 0.5) is 5.69 Å². The molecule has 1 N–H and O–H groups in total. The van der Waals surface area contributed by atoms with Crippen LogP contribution in [0.5, 0.6) is 0 Å². The quantitative estimate of drug-likeness (QED) is 0.631. The van der Waals surface area contributed by atoms with Crippen molar-refractivity contribution in [2.24, 2.45) is 0 Å². The maximum atomic E-state index is 11.2. The zero-order chi connectivity index (χ0) is 12.3. The highest BCUT2D eigenvalue weighted by atomic mass is 16.1. The van der Waals surface area contributed by atoms with Crippen molar-refractivity contribution in [3.63, 3.8) is 0 Å². The van der Waals surface area contributed by atoms with Gasteiger partial charge in [-0.05, 0) is 57.4 Å². The van der Waals surface area contributed by atoms with Gasteiger partial charge >= 0.3 is 0 Å². The lowest BCUT2D eigenvalue weighted by Gasteiger charge is -2.21. The smallest absolute Gasteiger partial charge is 0.159 e. The summed E-state index contributed by atoms with van der Waals surface area (Å²) >= 11 is 0. The molecule has 0 spiro atoms. The fourth-order valence-electron chi connectivity index (χ4n) is 2.24. The van der Waals surface area contributed by atoms with Crippen LogP contribution >= 0.6 is 0 Å². The maximum Gasteiger partial charge on any atom is 0.159 e. The van der Waals surface area contributed by atoms with Crippen LogP contribution in [-0.2, 0) is 0 Å². The van der Waals surface area contributed by atoms with Crippen LogP contribution < -0.4 is 5.32 Å². The van der Waals surface area contributed by atoms with Crippen molar-refractivity contribution in [3.05, 3.63) is 41.5 Å². The van der Waals surface area contributed by atoms with Gasteiger partial charge in [-0.3, -0.25) is 4.79 Å². The Labute approximate surface area is 103 Å². The van der Waals surface area contributed by atoms with E-state index in [0.717, 1.165) is 11.3 Å². The molecule has 2 rings (SSSR count). The van der Waals surface area contributed by atoms with E-state index in [4.69, 9.17) is 0 Å². The molecule has 0 radical (unpaired) electrons. The third-order valence-electron chi connectivity index (χ3n) is 3.22. The number of carbonyl (C=O) groups excluding carboxylic acids is 1. The number of rotatable bonds is 3. The number of allylic oxidation sites excluding steroid dienone is 1. The minimum absolute atomic E-state index is 0.116. The zero-order valence-electron chi connectivity index (χ0n) is 10.5. The fraction of sp³-hybridized carbons (Fsp3) is 0.400. The highest BCUT2D eigenvalue weighted by molar-refractivity contribution is 5.94. The summed E-state index contributed by atoms with van der Waals surface area (Å²) in [5, 5.41) is 3.49. The van der Waals surface area contributed by atoms with Crippen molar-refractivity contribution in [2.75, 3.05) is 5.32 Å². The largest absolute Gasteiger partial charge is 0.379 e. The maximum absolute atomic E-state index is 11.2. The molecule has 0 saturated heterocycles. The fourth-order valence-corrected chi connectivity index (χ4v) is 2.24. The summed E-state index contributed by atoms with van der Waals surface area (Å²) in [6.45, 7) is 3.78. The molecule has 0 bridgehead atoms. The number of nitrogens with one attached hydrogen (secondary N) is 1. The second kappa shape index (κ2) is 5.17. The summed E-state index contributed by atoms with van der Waals surface area (Å²) in [6.07, 6.45) is 5.97. The minimum atomic E-state index is 0.116. The molecule has 0 heterocycles. The van der Waals surface area contributed by atoms with Gasteiger partial charge in [-0.1, -0.05) is 11.6 Å². The minimum Gasteiger partial charge on any atom is -0.379 e. The Hall–Kier alpha value is -1.57. The van der Waals surface area contributed by atoms with Crippen molar-refractivity contribution in [2.45, 2.75) is 39.2 Å². The summed E-state index contributed by atoms with van der Waals surface area (Å²) < 4.78 is 0. The first-order valence-electron chi connectivity index (χ1n) is 6.20. The van der Waals surface area contributed by atoms with Crippen LogP contribution in [0.2, 0.25) is 0 Å². The van der Waals surface area contributed by atoms with Gasteiger partial charge in [0.15, 0.2) is 5.78 Å². The molecule has 0 fully saturated rings. The predicted molar refractivity (Wildman–Crippen MR) is 71.5 cm³/mol. The van der Waals surface area contributed by atoms with E-state index in [1.54, 1.807) is 6.92 Å². The Bertz CT molecular complexity index is 431. The first-order chi connectivity index (χ1) is 8.15. The van der Waals surface area contributed by atoms with Crippen LogP contribution in [-0.4, -0.2) is 11.8 Å². The van der Waals surface area contributed by atoms with Gasteiger partial charge in [-0.2, -0.15) is 0 Å². The number of hydrogen-bond acceptors (Lipinski definition) is 2. The summed E-state index contributed by atoms with van der Waals surface area (Å²) in [7, 11) is 0. The van der Waals surface area contributed by atoms with Crippen molar-refractivity contribution in [1.82, 2.24) is 0 Å². The lowest BCUT2D eigenvalue weighted by molar-refractivity contribution is 0.101. The average Bonchev–Trinajstić information content (AvgIpc) is 2.29. The highest BCUT2D eigenvalue weighted by Gasteiger charge is 2.10. The van der Waals surface area contributed by atoms with Gasteiger partial charge in [-0.25, -0.2) is 0 Å². The number of hydrogen-bond donors (Lipinski definition) is 1. The van der Waals surface area contributed by atoms with Gasteiger partial charge < -0.3 is 5.32 Å². The topological polar surface area (TPSA) is 29.1 Å². The number of Topliss-reactive ketones (excluding diaryl/α,β-unsaturated/α-hetero) is 1. The molecule has 2 heteroatoms. The van der Waals surface area contributed by atoms with E-state index in [1.807, 2.05) is 24.3 Å². The molecule has 0 amide bonds. The van der Waals surface area contributed by atoms with Crippen LogP contribution in [0.3, 0.4) is 0 Å². The van der Waals surface area contributed by atoms with Gasteiger partial charge in [-0.15, -0.1) is 0 Å². The summed E-state index contributed by atoms with van der Waals surface area (Å²) in [5.74, 6) is 0.116. The Morgan fingerprint density at radius 1 is 1.29 bits per heavy atom. The Morgan fingerprint density at radius 3 is 2.59 bits per heavy atom. The molecular formula is C15H19NO. The average molecular weight is 229 g/mol. The van der Waals surface area contributed by atoms with Crippen LogP contribution in [0.15, 0.2) is 35.9 Å². The normalized spacial score (nSPS) is 19.6. The standard InChI is InChI=1S/C15H19NO/c1-11-4-3-5-15(10-11)16-14-8-6-13(7-9-14)12(2)17/h6-10,15-16H,3-5H2,1-2H3/t15-/m0/s1. The van der Waals surface area contributed by atoms with Gasteiger partial charge in [0.05, 0.1) is 0 Å². The molecule has 0 unspecified atom stereocenters. The molecule has 1 aromatic rings. The molecule has 0 aliphatic heterocycles. The van der Waals surface area contributed by atoms with E-state index >= 15 is 0 Å². The lowest BCUT2D eigenvalue weighted by atomic mass is 9.96. The lowest BCUT2D eigenvalue weighted by Crippen LogP contribution is -2.19. The molecule has 1 atom stereocenters. The van der Waals surface area contributed by atoms with Gasteiger partial charge in [0, 0.05) is 17.3 Å². The van der Waals surface area contributed by atoms with E-state index in [1.165, 1.54) is 24.8 Å². The van der Waals surface area contributed by atoms with Gasteiger partial charge in [0.25, 0.3) is 0 Å². The summed E-state index contributed by atoms with van der Waals surface area (Å²) in [5.41, 5.74) is 3.32. The third kappa shape index (κ3) is 3.19. The molecule has 2 nitrogen and oxygen atoms in total. The number of carbonyl (C=O) groups is 1. The van der Waals surface area contributed by atoms with Crippen molar-refractivity contribution >= 4 is 11.5 Å². The van der Waals surface area contributed by atoms with Crippen molar-refractivity contribution < 1.29 is 4.79 Å². The molecule has 1 aliphatic rings. The van der Waals surface area contributed by atoms with Gasteiger partial charge in [0.1, 0.15) is 0 Å².